The Kier molecular flexibility index (Phi) is 6.74. The molecule has 1 aromatic rings. The molecule has 0 unspecified atom stereocenters. The highest BCUT2D eigenvalue weighted by Crippen LogP contribution is 2.46. The molecule has 0 bridgehead atoms. The van der Waals surface area contributed by atoms with E-state index in [9.17, 15) is 23.1 Å². The highest BCUT2D eigenvalue weighted by molar-refractivity contribution is 9.10. The zero-order valence-electron chi connectivity index (χ0n) is 12.0. The summed E-state index contributed by atoms with van der Waals surface area (Å²) < 4.78 is 43.9. The molecule has 0 radical (unpaired) electrons. The van der Waals surface area contributed by atoms with Crippen LogP contribution in [-0.4, -0.2) is 18.2 Å². The first-order valence-electron chi connectivity index (χ1n) is 5.87. The van der Waals surface area contributed by atoms with Gasteiger partial charge in [0.15, 0.2) is 0 Å². The monoisotopic (exact) mass is 405 g/mol. The Morgan fingerprint density at radius 3 is 2.27 bits per heavy atom. The third-order valence-electron chi connectivity index (χ3n) is 3.27. The van der Waals surface area contributed by atoms with Gasteiger partial charge in [-0.25, -0.2) is 0 Å². The number of hydrogen-bond donors (Lipinski definition) is 2. The number of hydrogen-bond acceptors (Lipinski definition) is 4. The number of aromatic hydroxyl groups is 1. The number of ether oxygens (including phenoxy) is 1. The summed E-state index contributed by atoms with van der Waals surface area (Å²) in [5, 5.41) is 9.95. The van der Waals surface area contributed by atoms with Crippen molar-refractivity contribution in [1.29, 1.82) is 0 Å². The van der Waals surface area contributed by atoms with Gasteiger partial charge in [0.25, 0.3) is 0 Å². The van der Waals surface area contributed by atoms with Crippen molar-refractivity contribution < 1.29 is 27.8 Å². The number of carbonyl (C=O) groups excluding carboxylic acids is 1. The van der Waals surface area contributed by atoms with E-state index in [1.54, 1.807) is 0 Å². The first-order chi connectivity index (χ1) is 9.44. The van der Waals surface area contributed by atoms with Gasteiger partial charge in [0, 0.05) is 11.6 Å². The molecular formula is C13H16BrClF3NO3. The maximum Gasteiger partial charge on any atom is 0.416 e. The Balaban J connectivity index is 0.00000441. The van der Waals surface area contributed by atoms with E-state index >= 15 is 0 Å². The van der Waals surface area contributed by atoms with Crippen LogP contribution in [0.25, 0.3) is 0 Å². The average Bonchev–Trinajstić information content (AvgIpc) is 2.38. The first-order valence-corrected chi connectivity index (χ1v) is 6.66. The number of alkyl halides is 3. The smallest absolute Gasteiger partial charge is 0.416 e. The minimum Gasteiger partial charge on any atom is -0.506 e. The van der Waals surface area contributed by atoms with Crippen LogP contribution in [0.3, 0.4) is 0 Å². The van der Waals surface area contributed by atoms with Crippen LogP contribution in [0.2, 0.25) is 0 Å². The summed E-state index contributed by atoms with van der Waals surface area (Å²) in [5.74, 6) is -1.42. The predicted molar refractivity (Wildman–Crippen MR) is 80.8 cm³/mol. The van der Waals surface area contributed by atoms with Crippen LogP contribution < -0.4 is 5.73 Å². The number of rotatable bonds is 3. The second-order valence-electron chi connectivity index (χ2n) is 5.05. The lowest BCUT2D eigenvalue weighted by molar-refractivity contribution is -0.153. The molecule has 1 rings (SSSR count). The molecule has 0 amide bonds. The molecule has 0 aliphatic carbocycles. The molecule has 0 aliphatic heterocycles. The van der Waals surface area contributed by atoms with Crippen molar-refractivity contribution in [3.63, 3.8) is 0 Å². The molecule has 1 atom stereocenters. The number of phenolic OH excluding ortho intramolecular Hbond substituents is 1. The van der Waals surface area contributed by atoms with Gasteiger partial charge in [-0.05, 0) is 41.9 Å². The number of nitrogens with two attached hydrogens (primary N) is 1. The normalized spacial score (nSPS) is 13.3. The van der Waals surface area contributed by atoms with Crippen molar-refractivity contribution in [3.05, 3.63) is 27.7 Å². The van der Waals surface area contributed by atoms with Gasteiger partial charge >= 0.3 is 12.1 Å². The lowest BCUT2D eigenvalue weighted by atomic mass is 9.79. The molecule has 0 spiro atoms. The van der Waals surface area contributed by atoms with Crippen LogP contribution >= 0.6 is 28.3 Å². The summed E-state index contributed by atoms with van der Waals surface area (Å²) in [6, 6.07) is 0.463. The third kappa shape index (κ3) is 3.85. The molecule has 0 saturated carbocycles. The van der Waals surface area contributed by atoms with Crippen LogP contribution in [0.15, 0.2) is 16.6 Å². The molecule has 3 N–H and O–H groups in total. The Morgan fingerprint density at radius 1 is 1.36 bits per heavy atom. The van der Waals surface area contributed by atoms with Crippen LogP contribution in [0.5, 0.6) is 5.75 Å². The van der Waals surface area contributed by atoms with Gasteiger partial charge in [-0.3, -0.25) is 4.79 Å². The molecule has 0 aliphatic rings. The quantitative estimate of drug-likeness (QED) is 0.749. The van der Waals surface area contributed by atoms with E-state index in [-0.39, 0.29) is 16.9 Å². The van der Waals surface area contributed by atoms with E-state index in [2.05, 4.69) is 20.7 Å². The van der Waals surface area contributed by atoms with Crippen molar-refractivity contribution in [2.75, 3.05) is 7.11 Å². The van der Waals surface area contributed by atoms with Crippen LogP contribution in [0.1, 0.15) is 31.0 Å². The lowest BCUT2D eigenvalue weighted by Gasteiger charge is -2.31. The molecule has 0 fully saturated rings. The molecule has 9 heteroatoms. The van der Waals surface area contributed by atoms with Gasteiger partial charge in [0.1, 0.15) is 5.75 Å². The standard InChI is InChI=1S/C13H15BrF3NO3.ClH/c1-12(2,11(20)21-3)10(18)8-6(13(15,16)17)4-5-7(14)9(8)19;/h4-5,10,19H,18H2,1-3H3;1H/t10-;/m0./s1. The van der Waals surface area contributed by atoms with E-state index < -0.39 is 40.5 Å². The summed E-state index contributed by atoms with van der Waals surface area (Å²) in [6.45, 7) is 2.70. The van der Waals surface area contributed by atoms with Crippen LogP contribution in [0.4, 0.5) is 13.2 Å². The molecule has 22 heavy (non-hydrogen) atoms. The molecule has 0 saturated heterocycles. The fraction of sp³-hybridized carbons (Fsp3) is 0.462. The number of phenols is 1. The van der Waals surface area contributed by atoms with E-state index in [4.69, 9.17) is 5.73 Å². The fourth-order valence-electron chi connectivity index (χ4n) is 1.89. The summed E-state index contributed by atoms with van der Waals surface area (Å²) in [4.78, 5) is 11.7. The Bertz CT molecular complexity index is 564. The number of carbonyl (C=O) groups is 1. The van der Waals surface area contributed by atoms with Crippen LogP contribution in [-0.2, 0) is 15.7 Å². The maximum atomic E-state index is 13.1. The topological polar surface area (TPSA) is 72.5 Å². The number of esters is 1. The summed E-state index contributed by atoms with van der Waals surface area (Å²) in [5.41, 5.74) is 2.74. The lowest BCUT2D eigenvalue weighted by Crippen LogP contribution is -2.38. The fourth-order valence-corrected chi connectivity index (χ4v) is 2.24. The van der Waals surface area contributed by atoms with Crippen molar-refractivity contribution in [2.24, 2.45) is 11.1 Å². The van der Waals surface area contributed by atoms with Crippen LogP contribution in [0, 0.1) is 5.41 Å². The molecular weight excluding hydrogens is 390 g/mol. The van der Waals surface area contributed by atoms with E-state index in [0.717, 1.165) is 19.2 Å². The number of halogens is 5. The highest BCUT2D eigenvalue weighted by Gasteiger charge is 2.44. The minimum atomic E-state index is -4.71. The average molecular weight is 407 g/mol. The van der Waals surface area contributed by atoms with E-state index in [1.165, 1.54) is 13.8 Å². The van der Waals surface area contributed by atoms with Gasteiger partial charge in [-0.2, -0.15) is 13.2 Å². The second-order valence-corrected chi connectivity index (χ2v) is 5.90. The second kappa shape index (κ2) is 7.06. The van der Waals surface area contributed by atoms with Crippen molar-refractivity contribution in [2.45, 2.75) is 26.1 Å². The van der Waals surface area contributed by atoms with Crippen molar-refractivity contribution in [3.8, 4) is 5.75 Å². The van der Waals surface area contributed by atoms with Gasteiger partial charge in [-0.15, -0.1) is 12.4 Å². The SMILES string of the molecule is COC(=O)C(C)(C)[C@@H](N)c1c(C(F)(F)F)ccc(Br)c1O.Cl. The van der Waals surface area contributed by atoms with Crippen molar-refractivity contribution in [1.82, 2.24) is 0 Å². The number of benzene rings is 1. The predicted octanol–water partition coefficient (Wildman–Crippen LogP) is 3.79. The van der Waals surface area contributed by atoms with E-state index in [0.29, 0.717) is 0 Å². The van der Waals surface area contributed by atoms with Crippen molar-refractivity contribution >= 4 is 34.3 Å². The highest BCUT2D eigenvalue weighted by atomic mass is 79.9. The molecule has 0 aromatic heterocycles. The largest absolute Gasteiger partial charge is 0.506 e. The summed E-state index contributed by atoms with van der Waals surface area (Å²) >= 11 is 2.95. The maximum absolute atomic E-state index is 13.1. The number of methoxy groups -OCH3 is 1. The zero-order valence-corrected chi connectivity index (χ0v) is 14.4. The van der Waals surface area contributed by atoms with E-state index in [1.807, 2.05) is 0 Å². The Labute approximate surface area is 140 Å². The zero-order chi connectivity index (χ0) is 16.6. The first kappa shape index (κ1) is 21.0. The van der Waals surface area contributed by atoms with Gasteiger partial charge in [0.2, 0.25) is 0 Å². The van der Waals surface area contributed by atoms with Gasteiger partial charge in [0.05, 0.1) is 22.6 Å². The Hall–Kier alpha value is -0.990. The summed E-state index contributed by atoms with van der Waals surface area (Å²) in [7, 11) is 1.11. The van der Waals surface area contributed by atoms with Gasteiger partial charge in [-0.1, -0.05) is 0 Å². The van der Waals surface area contributed by atoms with Gasteiger partial charge < -0.3 is 15.6 Å². The minimum absolute atomic E-state index is 0. The molecule has 4 nitrogen and oxygen atoms in total. The third-order valence-corrected chi connectivity index (χ3v) is 3.91. The molecule has 126 valence electrons. The summed E-state index contributed by atoms with van der Waals surface area (Å²) in [6.07, 6.45) is -4.71. The molecule has 1 aromatic carbocycles. The Morgan fingerprint density at radius 2 is 1.86 bits per heavy atom. The molecule has 0 heterocycles.